The van der Waals surface area contributed by atoms with Crippen LogP contribution in [0.25, 0.3) is 0 Å². The normalized spacial score (nSPS) is 9.25. The number of thiocarbonyl (C=S) groups is 1. The second kappa shape index (κ2) is 6.62. The van der Waals surface area contributed by atoms with Gasteiger partial charge in [0.15, 0.2) is 5.11 Å². The molecule has 1 aromatic carbocycles. The van der Waals surface area contributed by atoms with Gasteiger partial charge in [-0.1, -0.05) is 18.2 Å². The zero-order valence-corrected chi connectivity index (χ0v) is 9.38. The van der Waals surface area contributed by atoms with E-state index < -0.39 is 6.09 Å². The Hall–Kier alpha value is -1.82. The van der Waals surface area contributed by atoms with Crippen LogP contribution >= 0.6 is 12.2 Å². The highest BCUT2D eigenvalue weighted by molar-refractivity contribution is 7.80. The van der Waals surface area contributed by atoms with E-state index in [4.69, 9.17) is 17.3 Å². The van der Waals surface area contributed by atoms with Crippen molar-refractivity contribution in [2.45, 2.75) is 0 Å². The van der Waals surface area contributed by atoms with Gasteiger partial charge in [0, 0.05) is 18.8 Å². The minimum Gasteiger partial charge on any atom is -0.465 e. The predicted molar refractivity (Wildman–Crippen MR) is 66.7 cm³/mol. The van der Waals surface area contributed by atoms with E-state index >= 15 is 0 Å². The van der Waals surface area contributed by atoms with Gasteiger partial charge < -0.3 is 21.1 Å². The lowest BCUT2D eigenvalue weighted by Crippen LogP contribution is -2.36. The summed E-state index contributed by atoms with van der Waals surface area (Å²) in [6.45, 7) is 0.761. The largest absolute Gasteiger partial charge is 0.465 e. The maximum atomic E-state index is 10.1. The van der Waals surface area contributed by atoms with Crippen molar-refractivity contribution in [3.05, 3.63) is 30.3 Å². The molecule has 0 saturated carbocycles. The van der Waals surface area contributed by atoms with Crippen LogP contribution in [0.4, 0.5) is 10.5 Å². The summed E-state index contributed by atoms with van der Waals surface area (Å²) in [5.74, 6) is 0. The predicted octanol–water partition coefficient (Wildman–Crippen LogP) is 1.24. The fourth-order valence-corrected chi connectivity index (χ4v) is 1.26. The van der Waals surface area contributed by atoms with Crippen LogP contribution in [0.15, 0.2) is 30.3 Å². The molecular weight excluding hydrogens is 226 g/mol. The van der Waals surface area contributed by atoms with Gasteiger partial charge in [0.25, 0.3) is 0 Å². The number of para-hydroxylation sites is 1. The third kappa shape index (κ3) is 5.16. The maximum Gasteiger partial charge on any atom is 0.404 e. The number of anilines is 1. The van der Waals surface area contributed by atoms with Crippen molar-refractivity contribution in [2.75, 3.05) is 18.4 Å². The van der Waals surface area contributed by atoms with Gasteiger partial charge in [0.2, 0.25) is 0 Å². The van der Waals surface area contributed by atoms with Crippen molar-refractivity contribution in [1.82, 2.24) is 10.6 Å². The van der Waals surface area contributed by atoms with E-state index in [0.29, 0.717) is 18.2 Å². The number of hydrogen-bond acceptors (Lipinski definition) is 2. The number of nitrogens with one attached hydrogen (secondary N) is 3. The molecule has 4 N–H and O–H groups in total. The molecule has 5 nitrogen and oxygen atoms in total. The molecule has 0 aliphatic carbocycles. The molecule has 0 aliphatic heterocycles. The highest BCUT2D eigenvalue weighted by Gasteiger charge is 1.96. The van der Waals surface area contributed by atoms with E-state index in [1.807, 2.05) is 30.3 Å². The number of rotatable bonds is 4. The van der Waals surface area contributed by atoms with Crippen LogP contribution in [0.5, 0.6) is 0 Å². The lowest BCUT2D eigenvalue weighted by molar-refractivity contribution is 0.194. The third-order valence-corrected chi connectivity index (χ3v) is 1.96. The van der Waals surface area contributed by atoms with Gasteiger partial charge in [-0.3, -0.25) is 0 Å². The number of amides is 1. The van der Waals surface area contributed by atoms with Crippen LogP contribution in [-0.2, 0) is 0 Å². The molecule has 1 aromatic rings. The summed E-state index contributed by atoms with van der Waals surface area (Å²) in [6, 6.07) is 9.50. The van der Waals surface area contributed by atoms with Crippen LogP contribution in [0.3, 0.4) is 0 Å². The number of carboxylic acid groups (broad SMARTS) is 1. The Morgan fingerprint density at radius 1 is 1.19 bits per heavy atom. The summed E-state index contributed by atoms with van der Waals surface area (Å²) >= 11 is 5.02. The molecule has 16 heavy (non-hydrogen) atoms. The fraction of sp³-hybridized carbons (Fsp3) is 0.200. The summed E-state index contributed by atoms with van der Waals surface area (Å²) in [6.07, 6.45) is -1.04. The van der Waals surface area contributed by atoms with Gasteiger partial charge in [-0.15, -0.1) is 0 Å². The van der Waals surface area contributed by atoms with Gasteiger partial charge in [-0.05, 0) is 24.4 Å². The molecule has 6 heteroatoms. The van der Waals surface area contributed by atoms with Crippen molar-refractivity contribution in [3.8, 4) is 0 Å². The second-order valence-corrected chi connectivity index (χ2v) is 3.39. The number of benzene rings is 1. The van der Waals surface area contributed by atoms with E-state index in [1.54, 1.807) is 0 Å². The maximum absolute atomic E-state index is 10.1. The molecule has 0 saturated heterocycles. The monoisotopic (exact) mass is 239 g/mol. The average molecular weight is 239 g/mol. The summed E-state index contributed by atoms with van der Waals surface area (Å²) in [7, 11) is 0. The Morgan fingerprint density at radius 3 is 2.44 bits per heavy atom. The van der Waals surface area contributed by atoms with Crippen LogP contribution in [0.1, 0.15) is 0 Å². The van der Waals surface area contributed by atoms with Gasteiger partial charge in [0.1, 0.15) is 0 Å². The molecule has 0 aromatic heterocycles. The highest BCUT2D eigenvalue weighted by atomic mass is 32.1. The molecule has 1 amide bonds. The Kier molecular flexibility index (Phi) is 5.07. The van der Waals surface area contributed by atoms with Crippen molar-refractivity contribution in [3.63, 3.8) is 0 Å². The lowest BCUT2D eigenvalue weighted by Gasteiger charge is -2.09. The van der Waals surface area contributed by atoms with Crippen LogP contribution in [0.2, 0.25) is 0 Å². The third-order valence-electron chi connectivity index (χ3n) is 1.72. The topological polar surface area (TPSA) is 73.4 Å². The van der Waals surface area contributed by atoms with Crippen molar-refractivity contribution >= 4 is 29.1 Å². The van der Waals surface area contributed by atoms with Gasteiger partial charge in [-0.2, -0.15) is 0 Å². The lowest BCUT2D eigenvalue weighted by atomic mass is 10.3. The quantitative estimate of drug-likeness (QED) is 0.470. The molecule has 0 heterocycles. The van der Waals surface area contributed by atoms with Gasteiger partial charge in [0.05, 0.1) is 0 Å². The highest BCUT2D eigenvalue weighted by Crippen LogP contribution is 2.03. The number of carbonyl (C=O) groups is 1. The molecule has 0 unspecified atom stereocenters. The molecule has 1 rings (SSSR count). The Bertz CT molecular complexity index is 356. The molecule has 0 atom stereocenters. The average Bonchev–Trinajstić information content (AvgIpc) is 2.25. The van der Waals surface area contributed by atoms with Crippen LogP contribution < -0.4 is 16.0 Å². The standard InChI is InChI=1S/C10H13N3O2S/c14-10(15)12-7-6-11-9(16)13-8-4-2-1-3-5-8/h1-5,12H,6-7H2,(H,14,15)(H2,11,13,16). The van der Waals surface area contributed by atoms with E-state index in [0.717, 1.165) is 5.69 Å². The fourth-order valence-electron chi connectivity index (χ4n) is 1.04. The molecular formula is C10H13N3O2S. The summed E-state index contributed by atoms with van der Waals surface area (Å²) in [4.78, 5) is 10.1. The molecule has 86 valence electrons. The van der Waals surface area contributed by atoms with E-state index in [-0.39, 0.29) is 0 Å². The van der Waals surface area contributed by atoms with Gasteiger partial charge >= 0.3 is 6.09 Å². The zero-order chi connectivity index (χ0) is 11.8. The molecule has 0 aliphatic rings. The first kappa shape index (κ1) is 12.3. The summed E-state index contributed by atoms with van der Waals surface area (Å²) in [5.41, 5.74) is 0.895. The minimum atomic E-state index is -1.04. The molecule has 0 spiro atoms. The Balaban J connectivity index is 2.19. The van der Waals surface area contributed by atoms with Crippen molar-refractivity contribution in [1.29, 1.82) is 0 Å². The Labute approximate surface area is 98.9 Å². The first-order valence-corrected chi connectivity index (χ1v) is 5.16. The van der Waals surface area contributed by atoms with E-state index in [9.17, 15) is 4.79 Å². The van der Waals surface area contributed by atoms with Crippen LogP contribution in [-0.4, -0.2) is 29.4 Å². The molecule has 0 fully saturated rings. The molecule has 0 radical (unpaired) electrons. The molecule has 0 bridgehead atoms. The minimum absolute atomic E-state index is 0.311. The number of hydrogen-bond donors (Lipinski definition) is 4. The SMILES string of the molecule is O=C(O)NCCNC(=S)Nc1ccccc1. The first-order chi connectivity index (χ1) is 7.68. The van der Waals surface area contributed by atoms with Crippen molar-refractivity contribution in [2.24, 2.45) is 0 Å². The first-order valence-electron chi connectivity index (χ1n) is 4.75. The Morgan fingerprint density at radius 2 is 1.81 bits per heavy atom. The summed E-state index contributed by atoms with van der Waals surface area (Å²) < 4.78 is 0. The van der Waals surface area contributed by atoms with Crippen molar-refractivity contribution < 1.29 is 9.90 Å². The zero-order valence-electron chi connectivity index (χ0n) is 8.56. The van der Waals surface area contributed by atoms with E-state index in [2.05, 4.69) is 16.0 Å². The second-order valence-electron chi connectivity index (χ2n) is 2.98. The smallest absolute Gasteiger partial charge is 0.404 e. The van der Waals surface area contributed by atoms with Gasteiger partial charge in [-0.25, -0.2) is 4.79 Å². The van der Waals surface area contributed by atoms with E-state index in [1.165, 1.54) is 0 Å². The summed E-state index contributed by atoms with van der Waals surface area (Å²) in [5, 5.41) is 16.9. The van der Waals surface area contributed by atoms with Crippen LogP contribution in [0, 0.1) is 0 Å².